The molecule has 0 fully saturated rings. The molecule has 4 rings (SSSR count). The summed E-state index contributed by atoms with van der Waals surface area (Å²) in [5.41, 5.74) is 2.93. The quantitative estimate of drug-likeness (QED) is 0.303. The summed E-state index contributed by atoms with van der Waals surface area (Å²) in [5, 5.41) is 32.6. The molecule has 0 bridgehead atoms. The molecular formula is C25H19NO4. The van der Waals surface area contributed by atoms with Crippen molar-refractivity contribution in [3.63, 3.8) is 0 Å². The van der Waals surface area contributed by atoms with Crippen LogP contribution in [0.15, 0.2) is 102 Å². The number of nitroso groups, excluding NO2 is 1. The molecule has 0 aliphatic heterocycles. The van der Waals surface area contributed by atoms with Crippen LogP contribution in [0.25, 0.3) is 0 Å². The molecule has 0 aliphatic carbocycles. The Kier molecular flexibility index (Phi) is 4.94. The van der Waals surface area contributed by atoms with Crippen molar-refractivity contribution in [3.05, 3.63) is 124 Å². The van der Waals surface area contributed by atoms with E-state index >= 15 is 0 Å². The molecule has 0 unspecified atom stereocenters. The SMILES string of the molecule is O=Nc1ccc(C(c2ccc(O)cc2)(c2ccc(O)cc2)c2ccc(O)cc2)cc1. The molecule has 4 aromatic rings. The highest BCUT2D eigenvalue weighted by molar-refractivity contribution is 5.62. The fourth-order valence-electron chi connectivity index (χ4n) is 3.91. The van der Waals surface area contributed by atoms with E-state index in [0.717, 1.165) is 22.3 Å². The van der Waals surface area contributed by atoms with Crippen molar-refractivity contribution in [3.8, 4) is 17.2 Å². The molecule has 5 nitrogen and oxygen atoms in total. The van der Waals surface area contributed by atoms with Gasteiger partial charge >= 0.3 is 0 Å². The van der Waals surface area contributed by atoms with Gasteiger partial charge in [-0.3, -0.25) is 0 Å². The minimum atomic E-state index is -0.837. The molecular weight excluding hydrogens is 378 g/mol. The lowest BCUT2D eigenvalue weighted by atomic mass is 9.65. The third kappa shape index (κ3) is 3.26. The zero-order chi connectivity index (χ0) is 21.1. The number of rotatable bonds is 5. The summed E-state index contributed by atoms with van der Waals surface area (Å²) in [7, 11) is 0. The van der Waals surface area contributed by atoms with Gasteiger partial charge in [0.25, 0.3) is 0 Å². The van der Waals surface area contributed by atoms with Crippen LogP contribution in [-0.2, 0) is 5.41 Å². The van der Waals surface area contributed by atoms with Gasteiger partial charge in [-0.25, -0.2) is 0 Å². The first kappa shape index (κ1) is 19.2. The molecule has 0 radical (unpaired) electrons. The van der Waals surface area contributed by atoms with Gasteiger partial charge in [-0.15, -0.1) is 4.91 Å². The zero-order valence-electron chi connectivity index (χ0n) is 15.9. The molecule has 0 saturated heterocycles. The van der Waals surface area contributed by atoms with Gasteiger partial charge in [-0.1, -0.05) is 48.5 Å². The molecule has 4 aromatic carbocycles. The van der Waals surface area contributed by atoms with Crippen LogP contribution in [0.2, 0.25) is 0 Å². The van der Waals surface area contributed by atoms with Crippen LogP contribution in [0.3, 0.4) is 0 Å². The van der Waals surface area contributed by atoms with Crippen molar-refractivity contribution in [1.82, 2.24) is 0 Å². The second kappa shape index (κ2) is 7.72. The van der Waals surface area contributed by atoms with Crippen LogP contribution in [-0.4, -0.2) is 15.3 Å². The largest absolute Gasteiger partial charge is 0.508 e. The third-order valence-electron chi connectivity index (χ3n) is 5.31. The topological polar surface area (TPSA) is 90.1 Å². The Hall–Kier alpha value is -4.12. The molecule has 148 valence electrons. The van der Waals surface area contributed by atoms with Crippen LogP contribution < -0.4 is 0 Å². The summed E-state index contributed by atoms with van der Waals surface area (Å²) >= 11 is 0. The van der Waals surface area contributed by atoms with Crippen molar-refractivity contribution in [2.75, 3.05) is 0 Å². The maximum Gasteiger partial charge on any atom is 0.115 e. The van der Waals surface area contributed by atoms with E-state index in [9.17, 15) is 20.2 Å². The van der Waals surface area contributed by atoms with Gasteiger partial charge in [0, 0.05) is 0 Å². The second-order valence-corrected chi connectivity index (χ2v) is 7.03. The van der Waals surface area contributed by atoms with Crippen LogP contribution in [0.5, 0.6) is 17.2 Å². The molecule has 0 aliphatic rings. The summed E-state index contributed by atoms with van der Waals surface area (Å²) < 4.78 is 0. The third-order valence-corrected chi connectivity index (χ3v) is 5.31. The maximum atomic E-state index is 11.0. The Labute approximate surface area is 173 Å². The van der Waals surface area contributed by atoms with Crippen LogP contribution in [0.1, 0.15) is 22.3 Å². The lowest BCUT2D eigenvalue weighted by Crippen LogP contribution is -2.30. The van der Waals surface area contributed by atoms with Crippen molar-refractivity contribution < 1.29 is 15.3 Å². The van der Waals surface area contributed by atoms with Crippen LogP contribution in [0.4, 0.5) is 5.69 Å². The Bertz CT molecular complexity index is 1040. The van der Waals surface area contributed by atoms with Crippen molar-refractivity contribution in [2.24, 2.45) is 5.18 Å². The Morgan fingerprint density at radius 3 is 1.00 bits per heavy atom. The summed E-state index contributed by atoms with van der Waals surface area (Å²) in [5.74, 6) is 0.429. The number of hydrogen-bond donors (Lipinski definition) is 3. The van der Waals surface area contributed by atoms with E-state index in [2.05, 4.69) is 5.18 Å². The van der Waals surface area contributed by atoms with Gasteiger partial charge in [0.15, 0.2) is 0 Å². The number of nitrogens with zero attached hydrogens (tertiary/aromatic N) is 1. The molecule has 0 amide bonds. The molecule has 0 heterocycles. The standard InChI is InChI=1S/C25H19NO4/c27-22-11-3-18(4-12-22)25(19-5-13-23(28)14-6-19,20-7-15-24(29)16-8-20)17-1-9-21(26-30)10-2-17/h1-16,27-29H. The van der Waals surface area contributed by atoms with E-state index in [1.807, 2.05) is 48.5 Å². The van der Waals surface area contributed by atoms with E-state index in [4.69, 9.17) is 0 Å². The first-order valence-electron chi connectivity index (χ1n) is 9.36. The monoisotopic (exact) mass is 397 g/mol. The smallest absolute Gasteiger partial charge is 0.115 e. The summed E-state index contributed by atoms with van der Waals surface area (Å²) in [4.78, 5) is 11.0. The van der Waals surface area contributed by atoms with Gasteiger partial charge in [-0.2, -0.15) is 0 Å². The van der Waals surface area contributed by atoms with E-state index < -0.39 is 5.41 Å². The Morgan fingerprint density at radius 1 is 0.467 bits per heavy atom. The second-order valence-electron chi connectivity index (χ2n) is 7.03. The van der Waals surface area contributed by atoms with Crippen LogP contribution in [0, 0.1) is 4.91 Å². The number of benzene rings is 4. The fraction of sp³-hybridized carbons (Fsp3) is 0.0400. The van der Waals surface area contributed by atoms with E-state index in [1.54, 1.807) is 48.5 Å². The number of phenols is 3. The van der Waals surface area contributed by atoms with Crippen molar-refractivity contribution in [1.29, 1.82) is 0 Å². The van der Waals surface area contributed by atoms with Crippen LogP contribution >= 0.6 is 0 Å². The summed E-state index contributed by atoms with van der Waals surface area (Å²) in [6.07, 6.45) is 0. The summed E-state index contributed by atoms with van der Waals surface area (Å²) in [6, 6.07) is 27.7. The van der Waals surface area contributed by atoms with Gasteiger partial charge in [0.05, 0.1) is 5.41 Å². The molecule has 0 atom stereocenters. The lowest BCUT2D eigenvalue weighted by Gasteiger charge is -2.37. The highest BCUT2D eigenvalue weighted by Gasteiger charge is 2.38. The molecule has 0 saturated carbocycles. The highest BCUT2D eigenvalue weighted by Crippen LogP contribution is 2.46. The minimum absolute atomic E-state index is 0.143. The van der Waals surface area contributed by atoms with Crippen molar-refractivity contribution >= 4 is 5.69 Å². The highest BCUT2D eigenvalue weighted by atomic mass is 16.3. The van der Waals surface area contributed by atoms with Gasteiger partial charge in [-0.05, 0) is 76.0 Å². The maximum absolute atomic E-state index is 11.0. The summed E-state index contributed by atoms with van der Waals surface area (Å²) in [6.45, 7) is 0. The number of hydrogen-bond acceptors (Lipinski definition) is 5. The minimum Gasteiger partial charge on any atom is -0.508 e. The average Bonchev–Trinajstić information content (AvgIpc) is 2.78. The first-order chi connectivity index (χ1) is 14.5. The fourth-order valence-corrected chi connectivity index (χ4v) is 3.91. The predicted octanol–water partition coefficient (Wildman–Crippen LogP) is 5.58. The predicted molar refractivity (Wildman–Crippen MR) is 115 cm³/mol. The molecule has 3 N–H and O–H groups in total. The lowest BCUT2D eigenvalue weighted by molar-refractivity contribution is 0.474. The molecule has 5 heteroatoms. The molecule has 0 aromatic heterocycles. The number of aromatic hydroxyl groups is 3. The average molecular weight is 397 g/mol. The first-order valence-corrected chi connectivity index (χ1v) is 9.36. The van der Waals surface area contributed by atoms with Gasteiger partial charge < -0.3 is 15.3 Å². The van der Waals surface area contributed by atoms with Crippen molar-refractivity contribution in [2.45, 2.75) is 5.41 Å². The normalized spacial score (nSPS) is 11.2. The Balaban J connectivity index is 2.10. The van der Waals surface area contributed by atoms with Gasteiger partial charge in [0.1, 0.15) is 22.9 Å². The van der Waals surface area contributed by atoms with E-state index in [-0.39, 0.29) is 17.2 Å². The molecule has 30 heavy (non-hydrogen) atoms. The van der Waals surface area contributed by atoms with E-state index in [1.165, 1.54) is 0 Å². The zero-order valence-corrected chi connectivity index (χ0v) is 15.9. The number of phenolic OH excluding ortho intramolecular Hbond substituents is 3. The molecule has 0 spiro atoms. The van der Waals surface area contributed by atoms with Gasteiger partial charge in [0.2, 0.25) is 0 Å². The Morgan fingerprint density at radius 2 is 0.733 bits per heavy atom. The van der Waals surface area contributed by atoms with E-state index in [0.29, 0.717) is 5.69 Å².